The Morgan fingerprint density at radius 1 is 1.31 bits per heavy atom. The van der Waals surface area contributed by atoms with Crippen LogP contribution in [0.4, 0.5) is 0 Å². The summed E-state index contributed by atoms with van der Waals surface area (Å²) in [6.07, 6.45) is 8.55. The fraction of sp³-hybridized carbons (Fsp3) is 0.455. The maximum Gasteiger partial charge on any atom is 0.115 e. The Balaban J connectivity index is 0.000000184. The highest BCUT2D eigenvalue weighted by Crippen LogP contribution is 2.13. The molecule has 0 fully saturated rings. The summed E-state index contributed by atoms with van der Waals surface area (Å²) >= 11 is 0. The molecular weight excluding hydrogens is 160 g/mol. The van der Waals surface area contributed by atoms with Crippen molar-refractivity contribution in [1.29, 1.82) is 0 Å². The van der Waals surface area contributed by atoms with Crippen LogP contribution in [-0.2, 0) is 6.42 Å². The molecule has 1 heterocycles. The third-order valence-electron chi connectivity index (χ3n) is 1.44. The van der Waals surface area contributed by atoms with Crippen LogP contribution in [0.3, 0.4) is 0 Å². The van der Waals surface area contributed by atoms with E-state index in [4.69, 9.17) is 0 Å². The van der Waals surface area contributed by atoms with E-state index in [1.165, 1.54) is 0 Å². The van der Waals surface area contributed by atoms with Crippen LogP contribution < -0.4 is 0 Å². The normalized spacial score (nSPS) is 12.3. The maximum absolute atomic E-state index is 4.09. The highest BCUT2D eigenvalue weighted by molar-refractivity contribution is 5.56. The first kappa shape index (κ1) is 9.90. The summed E-state index contributed by atoms with van der Waals surface area (Å²) in [6, 6.07) is 0. The first-order chi connectivity index (χ1) is 6.20. The van der Waals surface area contributed by atoms with Crippen molar-refractivity contribution in [3.8, 4) is 0 Å². The van der Waals surface area contributed by atoms with E-state index in [2.05, 4.69) is 42.9 Å². The summed E-state index contributed by atoms with van der Waals surface area (Å²) in [5.74, 6) is 0.833. The number of nitrogens with zero attached hydrogens (tertiary/aromatic N) is 2. The van der Waals surface area contributed by atoms with Crippen molar-refractivity contribution in [1.82, 2.24) is 9.97 Å². The van der Waals surface area contributed by atoms with Crippen LogP contribution in [0.1, 0.15) is 32.0 Å². The van der Waals surface area contributed by atoms with Gasteiger partial charge in [-0.25, -0.2) is 9.97 Å². The lowest BCUT2D eigenvalue weighted by atomic mass is 10.3. The minimum Gasteiger partial charge on any atom is -0.244 e. The van der Waals surface area contributed by atoms with E-state index in [9.17, 15) is 0 Å². The molecule has 0 aliphatic heterocycles. The van der Waals surface area contributed by atoms with Gasteiger partial charge in [0, 0.05) is 18.2 Å². The maximum atomic E-state index is 4.09. The number of aromatic nitrogens is 2. The van der Waals surface area contributed by atoms with Crippen molar-refractivity contribution in [2.45, 2.75) is 27.2 Å². The van der Waals surface area contributed by atoms with Crippen molar-refractivity contribution in [3.63, 3.8) is 0 Å². The molecule has 1 aromatic rings. The highest BCUT2D eigenvalue weighted by Gasteiger charge is 2.03. The standard InChI is InChI=1S/C7H6N2.C4H10/c1-2-6-4-8-5-9-7(6)3-1;1-4(2)3/h1-2,4-5H,3H2;4H,1-3H3. The minimum atomic E-state index is 0.833. The van der Waals surface area contributed by atoms with Crippen molar-refractivity contribution in [3.05, 3.63) is 29.9 Å². The SMILES string of the molecule is C1=Cc2cncnc2C1.CC(C)C. The van der Waals surface area contributed by atoms with E-state index < -0.39 is 0 Å². The second-order valence-corrected chi connectivity index (χ2v) is 3.76. The molecule has 0 N–H and O–H groups in total. The molecule has 13 heavy (non-hydrogen) atoms. The Hall–Kier alpha value is -1.18. The van der Waals surface area contributed by atoms with Crippen LogP contribution in [0, 0.1) is 5.92 Å². The zero-order chi connectivity index (χ0) is 9.68. The van der Waals surface area contributed by atoms with Crippen molar-refractivity contribution in [2.24, 2.45) is 5.92 Å². The van der Waals surface area contributed by atoms with Crippen molar-refractivity contribution < 1.29 is 0 Å². The van der Waals surface area contributed by atoms with Gasteiger partial charge in [-0.3, -0.25) is 0 Å². The van der Waals surface area contributed by atoms with Gasteiger partial charge in [-0.05, 0) is 5.92 Å². The molecule has 1 aromatic heterocycles. The van der Waals surface area contributed by atoms with Crippen LogP contribution in [-0.4, -0.2) is 9.97 Å². The lowest BCUT2D eigenvalue weighted by Crippen LogP contribution is -1.86. The summed E-state index contributed by atoms with van der Waals surface area (Å²) < 4.78 is 0. The molecule has 1 aliphatic carbocycles. The van der Waals surface area contributed by atoms with E-state index in [0.29, 0.717) is 0 Å². The number of hydrogen-bond donors (Lipinski definition) is 0. The molecule has 0 unspecified atom stereocenters. The summed E-state index contributed by atoms with van der Waals surface area (Å²) in [7, 11) is 0. The van der Waals surface area contributed by atoms with Crippen LogP contribution in [0.5, 0.6) is 0 Å². The largest absolute Gasteiger partial charge is 0.244 e. The second-order valence-electron chi connectivity index (χ2n) is 3.76. The van der Waals surface area contributed by atoms with Gasteiger partial charge in [0.2, 0.25) is 0 Å². The summed E-state index contributed by atoms with van der Waals surface area (Å²) in [6.45, 7) is 6.50. The topological polar surface area (TPSA) is 25.8 Å². The van der Waals surface area contributed by atoms with Gasteiger partial charge < -0.3 is 0 Å². The molecule has 0 aromatic carbocycles. The second kappa shape index (κ2) is 4.75. The van der Waals surface area contributed by atoms with Gasteiger partial charge in [-0.2, -0.15) is 0 Å². The quantitative estimate of drug-likeness (QED) is 0.607. The molecule has 2 nitrogen and oxygen atoms in total. The number of allylic oxidation sites excluding steroid dienone is 1. The van der Waals surface area contributed by atoms with Gasteiger partial charge in [-0.1, -0.05) is 32.9 Å². The Labute approximate surface area is 79.7 Å². The minimum absolute atomic E-state index is 0.833. The zero-order valence-corrected chi connectivity index (χ0v) is 8.49. The Bertz CT molecular complexity index is 287. The molecule has 0 spiro atoms. The fourth-order valence-electron chi connectivity index (χ4n) is 0.973. The van der Waals surface area contributed by atoms with Gasteiger partial charge in [0.15, 0.2) is 0 Å². The van der Waals surface area contributed by atoms with E-state index in [1.54, 1.807) is 6.33 Å². The van der Waals surface area contributed by atoms with E-state index in [-0.39, 0.29) is 0 Å². The lowest BCUT2D eigenvalue weighted by molar-refractivity contribution is 0.737. The Morgan fingerprint density at radius 3 is 2.62 bits per heavy atom. The molecule has 0 saturated carbocycles. The highest BCUT2D eigenvalue weighted by atomic mass is 14.8. The average molecular weight is 176 g/mol. The van der Waals surface area contributed by atoms with Crippen LogP contribution in [0.2, 0.25) is 0 Å². The third kappa shape index (κ3) is 3.36. The van der Waals surface area contributed by atoms with Gasteiger partial charge in [0.05, 0.1) is 5.69 Å². The third-order valence-corrected chi connectivity index (χ3v) is 1.44. The van der Waals surface area contributed by atoms with Gasteiger partial charge in [0.25, 0.3) is 0 Å². The average Bonchev–Trinajstić information content (AvgIpc) is 2.49. The molecule has 2 rings (SSSR count). The zero-order valence-electron chi connectivity index (χ0n) is 8.49. The number of hydrogen-bond acceptors (Lipinski definition) is 2. The van der Waals surface area contributed by atoms with Crippen LogP contribution in [0.15, 0.2) is 18.6 Å². The van der Waals surface area contributed by atoms with Gasteiger partial charge in [0.1, 0.15) is 6.33 Å². The van der Waals surface area contributed by atoms with Gasteiger partial charge in [-0.15, -0.1) is 0 Å². The van der Waals surface area contributed by atoms with E-state index >= 15 is 0 Å². The molecule has 0 radical (unpaired) electrons. The summed E-state index contributed by atoms with van der Waals surface area (Å²) in [4.78, 5) is 7.98. The van der Waals surface area contributed by atoms with E-state index in [0.717, 1.165) is 23.6 Å². The molecular formula is C11H16N2. The van der Waals surface area contributed by atoms with Crippen LogP contribution in [0.25, 0.3) is 6.08 Å². The van der Waals surface area contributed by atoms with Crippen molar-refractivity contribution >= 4 is 6.08 Å². The predicted molar refractivity (Wildman–Crippen MR) is 55.3 cm³/mol. The first-order valence-corrected chi connectivity index (χ1v) is 4.65. The van der Waals surface area contributed by atoms with E-state index in [1.807, 2.05) is 6.20 Å². The monoisotopic (exact) mass is 176 g/mol. The molecule has 0 saturated heterocycles. The predicted octanol–water partition coefficient (Wildman–Crippen LogP) is 2.71. The van der Waals surface area contributed by atoms with Crippen molar-refractivity contribution in [2.75, 3.05) is 0 Å². The van der Waals surface area contributed by atoms with Crippen LogP contribution >= 0.6 is 0 Å². The Morgan fingerprint density at radius 2 is 2.00 bits per heavy atom. The Kier molecular flexibility index (Phi) is 3.62. The number of fused-ring (bicyclic) bond motifs is 1. The molecule has 1 aliphatic rings. The molecule has 2 heteroatoms. The molecule has 0 amide bonds. The number of rotatable bonds is 0. The fourth-order valence-corrected chi connectivity index (χ4v) is 0.973. The summed E-state index contributed by atoms with van der Waals surface area (Å²) in [5.41, 5.74) is 2.31. The molecule has 0 bridgehead atoms. The molecule has 70 valence electrons. The van der Waals surface area contributed by atoms with Gasteiger partial charge >= 0.3 is 0 Å². The lowest BCUT2D eigenvalue weighted by Gasteiger charge is -1.91. The summed E-state index contributed by atoms with van der Waals surface area (Å²) in [5, 5.41) is 0. The molecule has 0 atom stereocenters. The first-order valence-electron chi connectivity index (χ1n) is 4.65. The smallest absolute Gasteiger partial charge is 0.115 e.